The Morgan fingerprint density at radius 3 is 2.94 bits per heavy atom. The average molecular weight is 246 g/mol. The van der Waals surface area contributed by atoms with E-state index in [1.165, 1.54) is 18.4 Å². The summed E-state index contributed by atoms with van der Waals surface area (Å²) in [5, 5.41) is 6.42. The lowest BCUT2D eigenvalue weighted by molar-refractivity contribution is 0.0944. The quantitative estimate of drug-likeness (QED) is 0.857. The van der Waals surface area contributed by atoms with Crippen molar-refractivity contribution in [1.82, 2.24) is 10.6 Å². The third-order valence-electron chi connectivity index (χ3n) is 3.58. The number of piperidine rings is 1. The van der Waals surface area contributed by atoms with Crippen molar-refractivity contribution in [2.75, 3.05) is 19.6 Å². The molecule has 1 heterocycles. The molecule has 3 nitrogen and oxygen atoms in total. The van der Waals surface area contributed by atoms with E-state index in [-0.39, 0.29) is 5.91 Å². The van der Waals surface area contributed by atoms with Crippen LogP contribution in [0.5, 0.6) is 0 Å². The van der Waals surface area contributed by atoms with Gasteiger partial charge in [-0.3, -0.25) is 4.79 Å². The molecule has 98 valence electrons. The molecular weight excluding hydrogens is 224 g/mol. The molecule has 3 heteroatoms. The summed E-state index contributed by atoms with van der Waals surface area (Å²) < 4.78 is 0. The van der Waals surface area contributed by atoms with E-state index in [0.717, 1.165) is 30.8 Å². The van der Waals surface area contributed by atoms with Crippen LogP contribution in [0.3, 0.4) is 0 Å². The molecule has 2 rings (SSSR count). The first kappa shape index (κ1) is 13.1. The van der Waals surface area contributed by atoms with Gasteiger partial charge in [0.25, 0.3) is 5.91 Å². The molecule has 0 spiro atoms. The van der Waals surface area contributed by atoms with Crippen molar-refractivity contribution in [2.24, 2.45) is 5.92 Å². The maximum atomic E-state index is 12.1. The Morgan fingerprint density at radius 1 is 1.44 bits per heavy atom. The summed E-state index contributed by atoms with van der Waals surface area (Å²) in [6.45, 7) is 6.94. The topological polar surface area (TPSA) is 41.1 Å². The van der Waals surface area contributed by atoms with Gasteiger partial charge in [-0.05, 0) is 57.3 Å². The number of rotatable bonds is 3. The van der Waals surface area contributed by atoms with Gasteiger partial charge < -0.3 is 10.6 Å². The Hall–Kier alpha value is -1.35. The summed E-state index contributed by atoms with van der Waals surface area (Å²) in [5.74, 6) is 0.631. The number of nitrogens with one attached hydrogen (secondary N) is 2. The van der Waals surface area contributed by atoms with Crippen LogP contribution in [-0.4, -0.2) is 25.5 Å². The fourth-order valence-electron chi connectivity index (χ4n) is 2.50. The Bertz CT molecular complexity index is 423. The van der Waals surface area contributed by atoms with Crippen LogP contribution < -0.4 is 10.6 Å². The Balaban J connectivity index is 1.90. The first-order chi connectivity index (χ1) is 8.66. The summed E-state index contributed by atoms with van der Waals surface area (Å²) in [7, 11) is 0. The van der Waals surface area contributed by atoms with Crippen LogP contribution in [0.15, 0.2) is 18.2 Å². The zero-order chi connectivity index (χ0) is 13.0. The molecule has 0 aromatic heterocycles. The molecule has 1 saturated heterocycles. The number of carbonyl (C=O) groups excluding carboxylic acids is 1. The van der Waals surface area contributed by atoms with E-state index in [4.69, 9.17) is 0 Å². The van der Waals surface area contributed by atoms with E-state index in [2.05, 4.69) is 16.7 Å². The summed E-state index contributed by atoms with van der Waals surface area (Å²) in [4.78, 5) is 12.1. The molecule has 1 amide bonds. The molecule has 0 saturated carbocycles. The normalized spacial score (nSPS) is 19.6. The largest absolute Gasteiger partial charge is 0.352 e. The predicted octanol–water partition coefficient (Wildman–Crippen LogP) is 2.03. The lowest BCUT2D eigenvalue weighted by Gasteiger charge is -2.23. The zero-order valence-electron chi connectivity index (χ0n) is 11.3. The minimum absolute atomic E-state index is 0.0538. The Kier molecular flexibility index (Phi) is 4.37. The maximum Gasteiger partial charge on any atom is 0.251 e. The molecule has 1 unspecified atom stereocenters. The van der Waals surface area contributed by atoms with Crippen LogP contribution in [0.25, 0.3) is 0 Å². The van der Waals surface area contributed by atoms with Gasteiger partial charge in [0.15, 0.2) is 0 Å². The molecule has 18 heavy (non-hydrogen) atoms. The molecule has 1 aliphatic heterocycles. The van der Waals surface area contributed by atoms with Gasteiger partial charge >= 0.3 is 0 Å². The lowest BCUT2D eigenvalue weighted by Crippen LogP contribution is -2.38. The van der Waals surface area contributed by atoms with Crippen molar-refractivity contribution >= 4 is 5.91 Å². The predicted molar refractivity (Wildman–Crippen MR) is 73.8 cm³/mol. The smallest absolute Gasteiger partial charge is 0.251 e. The molecule has 1 aliphatic rings. The third-order valence-corrected chi connectivity index (χ3v) is 3.58. The molecule has 0 bridgehead atoms. The van der Waals surface area contributed by atoms with Crippen molar-refractivity contribution < 1.29 is 4.79 Å². The van der Waals surface area contributed by atoms with Crippen LogP contribution in [0.2, 0.25) is 0 Å². The Labute approximate surface area is 109 Å². The van der Waals surface area contributed by atoms with Gasteiger partial charge in [-0.2, -0.15) is 0 Å². The Morgan fingerprint density at radius 2 is 2.28 bits per heavy atom. The number of amides is 1. The zero-order valence-corrected chi connectivity index (χ0v) is 11.3. The number of hydrogen-bond donors (Lipinski definition) is 2. The summed E-state index contributed by atoms with van der Waals surface area (Å²) in [5.41, 5.74) is 3.04. The van der Waals surface area contributed by atoms with Crippen molar-refractivity contribution in [3.8, 4) is 0 Å². The SMILES string of the molecule is Cc1ccc(C(=O)NCC2CCCNC2)c(C)c1. The van der Waals surface area contributed by atoms with E-state index in [1.807, 2.05) is 26.0 Å². The highest BCUT2D eigenvalue weighted by molar-refractivity contribution is 5.95. The van der Waals surface area contributed by atoms with Gasteiger partial charge in [0.1, 0.15) is 0 Å². The number of carbonyl (C=O) groups is 1. The number of benzene rings is 1. The molecule has 1 aromatic carbocycles. The first-order valence-electron chi connectivity index (χ1n) is 6.73. The van der Waals surface area contributed by atoms with Crippen LogP contribution in [0.4, 0.5) is 0 Å². The fraction of sp³-hybridized carbons (Fsp3) is 0.533. The molecular formula is C15H22N2O. The average Bonchev–Trinajstić information content (AvgIpc) is 2.37. The highest BCUT2D eigenvalue weighted by atomic mass is 16.1. The minimum Gasteiger partial charge on any atom is -0.352 e. The first-order valence-corrected chi connectivity index (χ1v) is 6.73. The van der Waals surface area contributed by atoms with Crippen LogP contribution >= 0.6 is 0 Å². The second-order valence-corrected chi connectivity index (χ2v) is 5.24. The van der Waals surface area contributed by atoms with Crippen LogP contribution in [0.1, 0.15) is 34.3 Å². The van der Waals surface area contributed by atoms with E-state index in [1.54, 1.807) is 0 Å². The molecule has 1 atom stereocenters. The van der Waals surface area contributed by atoms with E-state index < -0.39 is 0 Å². The highest BCUT2D eigenvalue weighted by Gasteiger charge is 2.15. The van der Waals surface area contributed by atoms with E-state index >= 15 is 0 Å². The van der Waals surface area contributed by atoms with Gasteiger partial charge in [0.2, 0.25) is 0 Å². The van der Waals surface area contributed by atoms with Crippen molar-refractivity contribution in [2.45, 2.75) is 26.7 Å². The van der Waals surface area contributed by atoms with Gasteiger partial charge in [0, 0.05) is 12.1 Å². The van der Waals surface area contributed by atoms with Crippen LogP contribution in [-0.2, 0) is 0 Å². The van der Waals surface area contributed by atoms with Crippen molar-refractivity contribution in [3.05, 3.63) is 34.9 Å². The van der Waals surface area contributed by atoms with E-state index in [9.17, 15) is 4.79 Å². The number of aryl methyl sites for hydroxylation is 2. The summed E-state index contributed by atoms with van der Waals surface area (Å²) >= 11 is 0. The lowest BCUT2D eigenvalue weighted by atomic mass is 9.99. The number of hydrogen-bond acceptors (Lipinski definition) is 2. The monoisotopic (exact) mass is 246 g/mol. The van der Waals surface area contributed by atoms with Crippen molar-refractivity contribution in [3.63, 3.8) is 0 Å². The van der Waals surface area contributed by atoms with Gasteiger partial charge in [0.05, 0.1) is 0 Å². The second kappa shape index (κ2) is 6.01. The van der Waals surface area contributed by atoms with Gasteiger partial charge in [-0.25, -0.2) is 0 Å². The molecule has 1 fully saturated rings. The van der Waals surface area contributed by atoms with Crippen LogP contribution in [0, 0.1) is 19.8 Å². The second-order valence-electron chi connectivity index (χ2n) is 5.24. The maximum absolute atomic E-state index is 12.1. The molecule has 0 aliphatic carbocycles. The fourth-order valence-corrected chi connectivity index (χ4v) is 2.50. The van der Waals surface area contributed by atoms with Gasteiger partial charge in [-0.15, -0.1) is 0 Å². The highest BCUT2D eigenvalue weighted by Crippen LogP contribution is 2.12. The third kappa shape index (κ3) is 3.33. The summed E-state index contributed by atoms with van der Waals surface area (Å²) in [6, 6.07) is 5.96. The molecule has 0 radical (unpaired) electrons. The summed E-state index contributed by atoms with van der Waals surface area (Å²) in [6.07, 6.45) is 2.42. The van der Waals surface area contributed by atoms with E-state index in [0.29, 0.717) is 5.92 Å². The minimum atomic E-state index is 0.0538. The van der Waals surface area contributed by atoms with Gasteiger partial charge in [-0.1, -0.05) is 17.7 Å². The molecule has 2 N–H and O–H groups in total. The molecule has 1 aromatic rings. The van der Waals surface area contributed by atoms with Crippen molar-refractivity contribution in [1.29, 1.82) is 0 Å². The standard InChI is InChI=1S/C15H22N2O/c1-11-5-6-14(12(2)8-11)15(18)17-10-13-4-3-7-16-9-13/h5-6,8,13,16H,3-4,7,9-10H2,1-2H3,(H,17,18).